The zero-order chi connectivity index (χ0) is 13.5. The SMILES string of the molecule is COc1cc(CF)cc(CCCC(=O)O)c1OC. The molecule has 1 aromatic rings. The van der Waals surface area contributed by atoms with Crippen molar-refractivity contribution in [2.24, 2.45) is 0 Å². The fourth-order valence-corrected chi connectivity index (χ4v) is 1.80. The van der Waals surface area contributed by atoms with Gasteiger partial charge in [0, 0.05) is 6.42 Å². The van der Waals surface area contributed by atoms with Crippen LogP contribution in [-0.2, 0) is 17.9 Å². The molecule has 4 nitrogen and oxygen atoms in total. The Morgan fingerprint density at radius 2 is 2.06 bits per heavy atom. The summed E-state index contributed by atoms with van der Waals surface area (Å²) in [6.45, 7) is -0.591. The van der Waals surface area contributed by atoms with Crippen LogP contribution in [0.4, 0.5) is 4.39 Å². The van der Waals surface area contributed by atoms with E-state index < -0.39 is 12.6 Å². The van der Waals surface area contributed by atoms with Crippen LogP contribution in [0.25, 0.3) is 0 Å². The van der Waals surface area contributed by atoms with Crippen molar-refractivity contribution >= 4 is 5.97 Å². The van der Waals surface area contributed by atoms with Crippen molar-refractivity contribution in [3.63, 3.8) is 0 Å². The van der Waals surface area contributed by atoms with Crippen molar-refractivity contribution in [2.75, 3.05) is 14.2 Å². The van der Waals surface area contributed by atoms with Crippen LogP contribution in [0.2, 0.25) is 0 Å². The number of aryl methyl sites for hydroxylation is 1. The highest BCUT2D eigenvalue weighted by atomic mass is 19.1. The van der Waals surface area contributed by atoms with Gasteiger partial charge in [-0.25, -0.2) is 4.39 Å². The van der Waals surface area contributed by atoms with Gasteiger partial charge in [0.1, 0.15) is 6.67 Å². The fraction of sp³-hybridized carbons (Fsp3) is 0.462. The van der Waals surface area contributed by atoms with Gasteiger partial charge in [0.25, 0.3) is 0 Å². The van der Waals surface area contributed by atoms with Crippen LogP contribution in [0.15, 0.2) is 12.1 Å². The molecule has 0 aliphatic heterocycles. The number of ether oxygens (including phenoxy) is 2. The maximum Gasteiger partial charge on any atom is 0.303 e. The lowest BCUT2D eigenvalue weighted by Gasteiger charge is -2.14. The second-order valence-electron chi connectivity index (χ2n) is 3.87. The van der Waals surface area contributed by atoms with Gasteiger partial charge in [0.15, 0.2) is 11.5 Å². The summed E-state index contributed by atoms with van der Waals surface area (Å²) in [5.41, 5.74) is 1.27. The second kappa shape index (κ2) is 6.83. The average Bonchev–Trinajstić information content (AvgIpc) is 2.37. The lowest BCUT2D eigenvalue weighted by atomic mass is 10.0. The number of halogens is 1. The molecule has 1 rings (SSSR count). The largest absolute Gasteiger partial charge is 0.493 e. The summed E-state index contributed by atoms with van der Waals surface area (Å²) in [5.74, 6) is 0.167. The van der Waals surface area contributed by atoms with Gasteiger partial charge >= 0.3 is 5.97 Å². The zero-order valence-corrected chi connectivity index (χ0v) is 10.5. The summed E-state index contributed by atoms with van der Waals surface area (Å²) < 4.78 is 23.1. The molecule has 0 aliphatic carbocycles. The predicted molar refractivity (Wildman–Crippen MR) is 64.9 cm³/mol. The number of hydrogen-bond donors (Lipinski definition) is 1. The van der Waals surface area contributed by atoms with Crippen molar-refractivity contribution in [1.82, 2.24) is 0 Å². The first-order valence-electron chi connectivity index (χ1n) is 5.64. The highest BCUT2D eigenvalue weighted by molar-refractivity contribution is 5.66. The maximum absolute atomic E-state index is 12.7. The molecule has 100 valence electrons. The van der Waals surface area contributed by atoms with Gasteiger partial charge in [-0.3, -0.25) is 4.79 Å². The molecular formula is C13H17FO4. The fourth-order valence-electron chi connectivity index (χ4n) is 1.80. The van der Waals surface area contributed by atoms with Crippen molar-refractivity contribution in [3.8, 4) is 11.5 Å². The summed E-state index contributed by atoms with van der Waals surface area (Å²) in [5, 5.41) is 8.60. The number of alkyl halides is 1. The van der Waals surface area contributed by atoms with Gasteiger partial charge in [0.2, 0.25) is 0 Å². The van der Waals surface area contributed by atoms with Gasteiger partial charge in [-0.2, -0.15) is 0 Å². The molecule has 1 aromatic carbocycles. The van der Waals surface area contributed by atoms with Gasteiger partial charge in [0.05, 0.1) is 14.2 Å². The molecule has 0 radical (unpaired) electrons. The van der Waals surface area contributed by atoms with E-state index >= 15 is 0 Å². The van der Waals surface area contributed by atoms with Crippen LogP contribution in [0.5, 0.6) is 11.5 Å². The Morgan fingerprint density at radius 3 is 2.56 bits per heavy atom. The Labute approximate surface area is 105 Å². The van der Waals surface area contributed by atoms with Crippen LogP contribution in [0, 0.1) is 0 Å². The van der Waals surface area contributed by atoms with Crippen LogP contribution in [-0.4, -0.2) is 25.3 Å². The Hall–Kier alpha value is -1.78. The summed E-state index contributed by atoms with van der Waals surface area (Å²) in [6.07, 6.45) is 1.07. The predicted octanol–water partition coefficient (Wildman–Crippen LogP) is 2.58. The summed E-state index contributed by atoms with van der Waals surface area (Å²) in [4.78, 5) is 10.5. The first-order chi connectivity index (χ1) is 8.62. The monoisotopic (exact) mass is 256 g/mol. The smallest absolute Gasteiger partial charge is 0.303 e. The number of carboxylic acid groups (broad SMARTS) is 1. The molecule has 5 heteroatoms. The molecular weight excluding hydrogens is 239 g/mol. The number of methoxy groups -OCH3 is 2. The lowest BCUT2D eigenvalue weighted by Crippen LogP contribution is -2.00. The van der Waals surface area contributed by atoms with Crippen LogP contribution in [0.3, 0.4) is 0 Å². The number of rotatable bonds is 7. The Balaban J connectivity index is 2.95. The Bertz CT molecular complexity index is 418. The first-order valence-corrected chi connectivity index (χ1v) is 5.64. The second-order valence-corrected chi connectivity index (χ2v) is 3.87. The maximum atomic E-state index is 12.7. The Morgan fingerprint density at radius 1 is 1.33 bits per heavy atom. The molecule has 0 aliphatic rings. The van der Waals surface area contributed by atoms with E-state index in [1.165, 1.54) is 14.2 Å². The van der Waals surface area contributed by atoms with E-state index in [2.05, 4.69) is 0 Å². The molecule has 18 heavy (non-hydrogen) atoms. The molecule has 0 amide bonds. The van der Waals surface area contributed by atoms with E-state index in [1.54, 1.807) is 12.1 Å². The minimum Gasteiger partial charge on any atom is -0.493 e. The van der Waals surface area contributed by atoms with Gasteiger partial charge < -0.3 is 14.6 Å². The van der Waals surface area contributed by atoms with Crippen LogP contribution in [0.1, 0.15) is 24.0 Å². The normalized spacial score (nSPS) is 10.2. The lowest BCUT2D eigenvalue weighted by molar-refractivity contribution is -0.137. The van der Waals surface area contributed by atoms with E-state index in [-0.39, 0.29) is 6.42 Å². The van der Waals surface area contributed by atoms with Crippen LogP contribution >= 0.6 is 0 Å². The molecule has 0 atom stereocenters. The zero-order valence-electron chi connectivity index (χ0n) is 10.5. The van der Waals surface area contributed by atoms with Gasteiger partial charge in [-0.15, -0.1) is 0 Å². The minimum atomic E-state index is -0.845. The summed E-state index contributed by atoms with van der Waals surface area (Å²) in [7, 11) is 2.99. The number of carbonyl (C=O) groups is 1. The third-order valence-corrected chi connectivity index (χ3v) is 2.61. The van der Waals surface area contributed by atoms with E-state index in [0.717, 1.165) is 5.56 Å². The summed E-state index contributed by atoms with van der Waals surface area (Å²) >= 11 is 0. The average molecular weight is 256 g/mol. The summed E-state index contributed by atoms with van der Waals surface area (Å²) in [6, 6.07) is 3.27. The van der Waals surface area contributed by atoms with E-state index in [0.29, 0.717) is 29.9 Å². The third-order valence-electron chi connectivity index (χ3n) is 2.61. The molecule has 0 saturated heterocycles. The third kappa shape index (κ3) is 3.61. The molecule has 0 bridgehead atoms. The van der Waals surface area contributed by atoms with Crippen molar-refractivity contribution < 1.29 is 23.8 Å². The molecule has 0 saturated carbocycles. The van der Waals surface area contributed by atoms with Crippen LogP contribution < -0.4 is 9.47 Å². The van der Waals surface area contributed by atoms with E-state index in [4.69, 9.17) is 14.6 Å². The van der Waals surface area contributed by atoms with Crippen molar-refractivity contribution in [2.45, 2.75) is 25.9 Å². The minimum absolute atomic E-state index is 0.0747. The number of benzene rings is 1. The molecule has 0 aromatic heterocycles. The standard InChI is InChI=1S/C13H17FO4/c1-17-11-7-9(8-14)6-10(13(11)18-2)4-3-5-12(15)16/h6-7H,3-5,8H2,1-2H3,(H,15,16). The highest BCUT2D eigenvalue weighted by Crippen LogP contribution is 2.33. The number of carboxylic acids is 1. The quantitative estimate of drug-likeness (QED) is 0.814. The van der Waals surface area contributed by atoms with Crippen molar-refractivity contribution in [3.05, 3.63) is 23.3 Å². The Kier molecular flexibility index (Phi) is 5.42. The van der Waals surface area contributed by atoms with E-state index in [1.807, 2.05) is 0 Å². The highest BCUT2D eigenvalue weighted by Gasteiger charge is 2.12. The molecule has 0 unspecified atom stereocenters. The van der Waals surface area contributed by atoms with E-state index in [9.17, 15) is 9.18 Å². The van der Waals surface area contributed by atoms with Crippen molar-refractivity contribution in [1.29, 1.82) is 0 Å². The molecule has 1 N–H and O–H groups in total. The molecule has 0 heterocycles. The molecule has 0 spiro atoms. The molecule has 0 fully saturated rings. The first kappa shape index (κ1) is 14.3. The van der Waals surface area contributed by atoms with Gasteiger partial charge in [-0.05, 0) is 36.1 Å². The topological polar surface area (TPSA) is 55.8 Å². The van der Waals surface area contributed by atoms with Gasteiger partial charge in [-0.1, -0.05) is 0 Å². The number of hydrogen-bond acceptors (Lipinski definition) is 3. The number of aliphatic carboxylic acids is 1.